The molecule has 1 aromatic rings. The van der Waals surface area contributed by atoms with Crippen molar-refractivity contribution in [2.75, 3.05) is 5.75 Å². The van der Waals surface area contributed by atoms with Gasteiger partial charge in [0.05, 0.1) is 11.8 Å². The number of rotatable bonds is 4. The van der Waals surface area contributed by atoms with Gasteiger partial charge in [-0.05, 0) is 25.3 Å². The summed E-state index contributed by atoms with van der Waals surface area (Å²) in [7, 11) is -3.09. The van der Waals surface area contributed by atoms with Gasteiger partial charge in [-0.15, -0.1) is 11.3 Å². The first-order valence-electron chi connectivity index (χ1n) is 4.08. The number of sulfonamides is 1. The molecule has 0 saturated carbocycles. The molecule has 1 N–H and O–H groups in total. The van der Waals surface area contributed by atoms with E-state index in [0.29, 0.717) is 0 Å². The van der Waals surface area contributed by atoms with Crippen molar-refractivity contribution < 1.29 is 8.42 Å². The minimum absolute atomic E-state index is 0.120. The van der Waals surface area contributed by atoms with Crippen LogP contribution < -0.4 is 4.72 Å². The van der Waals surface area contributed by atoms with Crippen molar-refractivity contribution in [3.05, 3.63) is 22.4 Å². The largest absolute Gasteiger partial charge is 0.212 e. The third-order valence-corrected chi connectivity index (χ3v) is 4.23. The van der Waals surface area contributed by atoms with Crippen molar-refractivity contribution in [2.24, 2.45) is 0 Å². The van der Waals surface area contributed by atoms with E-state index in [9.17, 15) is 8.42 Å². The van der Waals surface area contributed by atoms with Gasteiger partial charge in [-0.1, -0.05) is 6.07 Å². The summed E-state index contributed by atoms with van der Waals surface area (Å²) in [5.74, 6) is 0.128. The lowest BCUT2D eigenvalue weighted by molar-refractivity contribution is 0.570. The zero-order chi connectivity index (χ0) is 9.90. The van der Waals surface area contributed by atoms with Crippen LogP contribution in [0.5, 0.6) is 0 Å². The second-order valence-corrected chi connectivity index (χ2v) is 5.78. The van der Waals surface area contributed by atoms with Crippen LogP contribution >= 0.6 is 11.3 Å². The van der Waals surface area contributed by atoms with Gasteiger partial charge in [0.2, 0.25) is 10.0 Å². The van der Waals surface area contributed by atoms with Crippen LogP contribution in [-0.4, -0.2) is 14.2 Å². The Bertz CT molecular complexity index is 342. The Hall–Kier alpha value is -0.390. The average Bonchev–Trinajstić information content (AvgIpc) is 2.55. The van der Waals surface area contributed by atoms with Gasteiger partial charge in [0.1, 0.15) is 0 Å². The molecule has 0 spiro atoms. The lowest BCUT2D eigenvalue weighted by Gasteiger charge is -2.10. The van der Waals surface area contributed by atoms with E-state index in [0.717, 1.165) is 4.88 Å². The fraction of sp³-hybridized carbons (Fsp3) is 0.500. The molecule has 0 saturated heterocycles. The van der Waals surface area contributed by atoms with E-state index in [4.69, 9.17) is 0 Å². The summed E-state index contributed by atoms with van der Waals surface area (Å²) in [4.78, 5) is 1.04. The zero-order valence-corrected chi connectivity index (χ0v) is 9.28. The molecule has 1 aromatic heterocycles. The van der Waals surface area contributed by atoms with Crippen LogP contribution in [0.1, 0.15) is 24.8 Å². The highest BCUT2D eigenvalue weighted by Gasteiger charge is 2.13. The van der Waals surface area contributed by atoms with Gasteiger partial charge in [-0.25, -0.2) is 13.1 Å². The first kappa shape index (κ1) is 10.7. The van der Waals surface area contributed by atoms with Crippen molar-refractivity contribution in [2.45, 2.75) is 19.9 Å². The number of hydrogen-bond donors (Lipinski definition) is 1. The Balaban J connectivity index is 2.67. The molecule has 0 aliphatic carbocycles. The Morgan fingerprint density at radius 1 is 1.62 bits per heavy atom. The monoisotopic (exact) mass is 219 g/mol. The van der Waals surface area contributed by atoms with Crippen LogP contribution in [0, 0.1) is 0 Å². The maximum atomic E-state index is 11.2. The van der Waals surface area contributed by atoms with Crippen molar-refractivity contribution in [3.63, 3.8) is 0 Å². The van der Waals surface area contributed by atoms with Crippen LogP contribution in [0.25, 0.3) is 0 Å². The molecule has 13 heavy (non-hydrogen) atoms. The SMILES string of the molecule is CCS(=O)(=O)N[C@H](C)c1cccs1. The summed E-state index contributed by atoms with van der Waals surface area (Å²) in [6.45, 7) is 3.47. The molecule has 0 amide bonds. The first-order chi connectivity index (χ1) is 6.05. The molecular weight excluding hydrogens is 206 g/mol. The summed E-state index contributed by atoms with van der Waals surface area (Å²) >= 11 is 1.56. The molecule has 0 aromatic carbocycles. The van der Waals surface area contributed by atoms with Crippen LogP contribution in [0.15, 0.2) is 17.5 Å². The summed E-state index contributed by atoms with van der Waals surface area (Å²) in [5.41, 5.74) is 0. The van der Waals surface area contributed by atoms with Gasteiger partial charge in [0.15, 0.2) is 0 Å². The second-order valence-electron chi connectivity index (χ2n) is 2.76. The van der Waals surface area contributed by atoms with Crippen LogP contribution in [0.4, 0.5) is 0 Å². The average molecular weight is 219 g/mol. The molecule has 1 heterocycles. The van der Waals surface area contributed by atoms with Crippen molar-refractivity contribution in [3.8, 4) is 0 Å². The molecule has 0 aliphatic rings. The molecule has 5 heteroatoms. The van der Waals surface area contributed by atoms with Gasteiger partial charge in [0.25, 0.3) is 0 Å². The lowest BCUT2D eigenvalue weighted by atomic mass is 10.3. The molecule has 0 aliphatic heterocycles. The standard InChI is InChI=1S/C8H13NO2S2/c1-3-13(10,11)9-7(2)8-5-4-6-12-8/h4-7,9H,3H2,1-2H3/t7-/m1/s1. The van der Waals surface area contributed by atoms with Crippen LogP contribution in [-0.2, 0) is 10.0 Å². The highest BCUT2D eigenvalue weighted by Crippen LogP contribution is 2.18. The Kier molecular flexibility index (Phi) is 3.47. The predicted molar refractivity (Wildman–Crippen MR) is 55.3 cm³/mol. The molecular formula is C8H13NO2S2. The fourth-order valence-corrected chi connectivity index (χ4v) is 2.59. The maximum Gasteiger partial charge on any atom is 0.211 e. The van der Waals surface area contributed by atoms with E-state index in [1.807, 2.05) is 24.4 Å². The Morgan fingerprint density at radius 3 is 2.77 bits per heavy atom. The summed E-state index contributed by atoms with van der Waals surface area (Å²) in [6.07, 6.45) is 0. The van der Waals surface area contributed by atoms with Gasteiger partial charge in [-0.2, -0.15) is 0 Å². The van der Waals surface area contributed by atoms with Crippen LogP contribution in [0.2, 0.25) is 0 Å². The predicted octanol–water partition coefficient (Wildman–Crippen LogP) is 1.75. The summed E-state index contributed by atoms with van der Waals surface area (Å²) < 4.78 is 25.0. The summed E-state index contributed by atoms with van der Waals surface area (Å²) in [6, 6.07) is 3.72. The van der Waals surface area contributed by atoms with Gasteiger partial charge in [-0.3, -0.25) is 0 Å². The minimum atomic E-state index is -3.09. The second kappa shape index (κ2) is 4.21. The highest BCUT2D eigenvalue weighted by atomic mass is 32.2. The molecule has 74 valence electrons. The van der Waals surface area contributed by atoms with Crippen molar-refractivity contribution >= 4 is 21.4 Å². The van der Waals surface area contributed by atoms with Gasteiger partial charge in [0, 0.05) is 4.88 Å². The maximum absolute atomic E-state index is 11.2. The Labute approximate surface area is 82.8 Å². The van der Waals surface area contributed by atoms with E-state index in [1.165, 1.54) is 0 Å². The van der Waals surface area contributed by atoms with E-state index >= 15 is 0 Å². The molecule has 3 nitrogen and oxygen atoms in total. The normalized spacial score (nSPS) is 14.3. The minimum Gasteiger partial charge on any atom is -0.212 e. The zero-order valence-electron chi connectivity index (χ0n) is 7.65. The summed E-state index contributed by atoms with van der Waals surface area (Å²) in [5, 5.41) is 1.94. The third kappa shape index (κ3) is 3.10. The lowest BCUT2D eigenvalue weighted by Crippen LogP contribution is -2.27. The van der Waals surface area contributed by atoms with Crippen molar-refractivity contribution in [1.82, 2.24) is 4.72 Å². The van der Waals surface area contributed by atoms with Gasteiger partial charge >= 0.3 is 0 Å². The fourth-order valence-electron chi connectivity index (χ4n) is 0.948. The van der Waals surface area contributed by atoms with E-state index in [1.54, 1.807) is 18.3 Å². The molecule has 0 bridgehead atoms. The molecule has 1 rings (SSSR count). The third-order valence-electron chi connectivity index (χ3n) is 1.71. The van der Waals surface area contributed by atoms with Gasteiger partial charge < -0.3 is 0 Å². The first-order valence-corrected chi connectivity index (χ1v) is 6.62. The molecule has 0 radical (unpaired) electrons. The molecule has 1 atom stereocenters. The van der Waals surface area contributed by atoms with E-state index in [2.05, 4.69) is 4.72 Å². The van der Waals surface area contributed by atoms with Crippen molar-refractivity contribution in [1.29, 1.82) is 0 Å². The molecule has 0 unspecified atom stereocenters. The van der Waals surface area contributed by atoms with E-state index in [-0.39, 0.29) is 11.8 Å². The number of nitrogens with one attached hydrogen (secondary N) is 1. The quantitative estimate of drug-likeness (QED) is 0.838. The molecule has 0 fully saturated rings. The van der Waals surface area contributed by atoms with Crippen LogP contribution in [0.3, 0.4) is 0 Å². The topological polar surface area (TPSA) is 46.2 Å². The number of hydrogen-bond acceptors (Lipinski definition) is 3. The Morgan fingerprint density at radius 2 is 2.31 bits per heavy atom. The number of thiophene rings is 1. The van der Waals surface area contributed by atoms with E-state index < -0.39 is 10.0 Å². The smallest absolute Gasteiger partial charge is 0.211 e. The highest BCUT2D eigenvalue weighted by molar-refractivity contribution is 7.89.